The van der Waals surface area contributed by atoms with E-state index in [-0.39, 0.29) is 0 Å². The third-order valence-corrected chi connectivity index (χ3v) is 5.69. The predicted molar refractivity (Wildman–Crippen MR) is 123 cm³/mol. The SMILES string of the molecule is O[B]Oc1c2ccccc2cc2c1oc1c3ccccc3cc(-c3ccccc3)c21. The van der Waals surface area contributed by atoms with E-state index < -0.39 is 0 Å². The van der Waals surface area contributed by atoms with Crippen LogP contribution in [0.25, 0.3) is 54.6 Å². The topological polar surface area (TPSA) is 42.6 Å². The van der Waals surface area contributed by atoms with Gasteiger partial charge in [0.25, 0.3) is 0 Å². The summed E-state index contributed by atoms with van der Waals surface area (Å²) in [5.74, 6) is 0.518. The molecule has 1 radical (unpaired) electrons. The molecule has 5 aromatic carbocycles. The van der Waals surface area contributed by atoms with Crippen LogP contribution in [0.5, 0.6) is 5.75 Å². The summed E-state index contributed by atoms with van der Waals surface area (Å²) in [7, 11) is 0.713. The summed E-state index contributed by atoms with van der Waals surface area (Å²) < 4.78 is 12.0. The molecule has 1 N–H and O–H groups in total. The zero-order valence-electron chi connectivity index (χ0n) is 16.0. The minimum absolute atomic E-state index is 0.518. The first kappa shape index (κ1) is 17.1. The van der Waals surface area contributed by atoms with Gasteiger partial charge in [-0.25, -0.2) is 0 Å². The zero-order chi connectivity index (χ0) is 20.1. The number of fused-ring (bicyclic) bond motifs is 6. The van der Waals surface area contributed by atoms with Crippen molar-refractivity contribution in [2.75, 3.05) is 0 Å². The first-order valence-corrected chi connectivity index (χ1v) is 9.83. The first-order valence-electron chi connectivity index (χ1n) is 9.83. The zero-order valence-corrected chi connectivity index (χ0v) is 16.0. The Balaban J connectivity index is 1.88. The monoisotopic (exact) mass is 387 g/mol. The fourth-order valence-corrected chi connectivity index (χ4v) is 4.39. The molecule has 0 aliphatic rings. The van der Waals surface area contributed by atoms with E-state index in [9.17, 15) is 5.02 Å². The molecule has 141 valence electrons. The maximum atomic E-state index is 9.43. The Morgan fingerprint density at radius 2 is 1.33 bits per heavy atom. The fraction of sp³-hybridized carbons (Fsp3) is 0. The molecule has 0 fully saturated rings. The molecule has 4 heteroatoms. The molecule has 0 spiro atoms. The minimum atomic E-state index is 0.518. The second kappa shape index (κ2) is 6.65. The minimum Gasteiger partial charge on any atom is -0.534 e. The van der Waals surface area contributed by atoms with Gasteiger partial charge in [0.15, 0.2) is 11.3 Å². The Morgan fingerprint density at radius 1 is 0.667 bits per heavy atom. The van der Waals surface area contributed by atoms with Gasteiger partial charge in [0.2, 0.25) is 0 Å². The number of rotatable bonds is 3. The van der Waals surface area contributed by atoms with Gasteiger partial charge in [-0.3, -0.25) is 0 Å². The van der Waals surface area contributed by atoms with E-state index >= 15 is 0 Å². The van der Waals surface area contributed by atoms with Gasteiger partial charge in [-0.1, -0.05) is 78.9 Å². The summed E-state index contributed by atoms with van der Waals surface area (Å²) in [6, 6.07) is 30.9. The van der Waals surface area contributed by atoms with Crippen molar-refractivity contribution in [1.82, 2.24) is 0 Å². The van der Waals surface area contributed by atoms with Gasteiger partial charge < -0.3 is 14.1 Å². The summed E-state index contributed by atoms with van der Waals surface area (Å²) in [6.45, 7) is 0. The van der Waals surface area contributed by atoms with Crippen molar-refractivity contribution in [3.8, 4) is 16.9 Å². The second-order valence-corrected chi connectivity index (χ2v) is 7.34. The molecule has 30 heavy (non-hydrogen) atoms. The first-order chi connectivity index (χ1) is 14.8. The van der Waals surface area contributed by atoms with Gasteiger partial charge in [0.05, 0.1) is 0 Å². The molecule has 1 heterocycles. The molecule has 0 saturated heterocycles. The lowest BCUT2D eigenvalue weighted by Crippen LogP contribution is -2.00. The highest BCUT2D eigenvalue weighted by Crippen LogP contribution is 2.45. The van der Waals surface area contributed by atoms with Gasteiger partial charge in [-0.05, 0) is 34.0 Å². The fourth-order valence-electron chi connectivity index (χ4n) is 4.39. The maximum absolute atomic E-state index is 9.43. The summed E-state index contributed by atoms with van der Waals surface area (Å²) in [6.07, 6.45) is 0. The highest BCUT2D eigenvalue weighted by Gasteiger charge is 2.20. The van der Waals surface area contributed by atoms with Crippen LogP contribution in [0.2, 0.25) is 0 Å². The van der Waals surface area contributed by atoms with Crippen LogP contribution in [-0.4, -0.2) is 12.7 Å². The predicted octanol–water partition coefficient (Wildman–Crippen LogP) is 6.46. The van der Waals surface area contributed by atoms with E-state index in [1.54, 1.807) is 0 Å². The van der Waals surface area contributed by atoms with Crippen LogP contribution in [0.15, 0.2) is 95.4 Å². The summed E-state index contributed by atoms with van der Waals surface area (Å²) in [5, 5.41) is 15.5. The molecule has 0 saturated carbocycles. The molecule has 0 atom stereocenters. The average Bonchev–Trinajstić information content (AvgIpc) is 3.19. The third kappa shape index (κ3) is 2.44. The Kier molecular flexibility index (Phi) is 3.80. The van der Waals surface area contributed by atoms with Crippen LogP contribution in [-0.2, 0) is 0 Å². The van der Waals surface area contributed by atoms with Crippen LogP contribution in [0.3, 0.4) is 0 Å². The molecular weight excluding hydrogens is 371 g/mol. The average molecular weight is 387 g/mol. The van der Waals surface area contributed by atoms with Crippen molar-refractivity contribution >= 4 is 51.2 Å². The number of benzene rings is 5. The van der Waals surface area contributed by atoms with Gasteiger partial charge in [-0.15, -0.1) is 0 Å². The lowest BCUT2D eigenvalue weighted by atomic mass is 9.94. The Hall–Kier alpha value is -3.76. The standard InChI is InChI=1S/C26H16BO3/c28-27-30-26-20-13-7-5-11-18(20)15-22-23-21(16-8-2-1-3-9-16)14-17-10-4-6-12-19(17)24(23)29-25(22)26/h1-15,28H. The quantitative estimate of drug-likeness (QED) is 0.354. The van der Waals surface area contributed by atoms with Crippen molar-refractivity contribution in [3.05, 3.63) is 91.0 Å². The normalized spacial score (nSPS) is 11.5. The van der Waals surface area contributed by atoms with E-state index in [4.69, 9.17) is 9.07 Å². The largest absolute Gasteiger partial charge is 0.569 e. The van der Waals surface area contributed by atoms with E-state index in [0.717, 1.165) is 49.0 Å². The summed E-state index contributed by atoms with van der Waals surface area (Å²) in [4.78, 5) is 0. The number of hydrogen-bond donors (Lipinski definition) is 1. The van der Waals surface area contributed by atoms with Crippen molar-refractivity contribution in [1.29, 1.82) is 0 Å². The van der Waals surface area contributed by atoms with Crippen molar-refractivity contribution in [2.24, 2.45) is 0 Å². The van der Waals surface area contributed by atoms with E-state index in [1.165, 1.54) is 0 Å². The number of hydrogen-bond acceptors (Lipinski definition) is 3. The molecule has 0 aliphatic heterocycles. The van der Waals surface area contributed by atoms with Crippen LogP contribution in [0.1, 0.15) is 0 Å². The molecular formula is C26H16BO3. The Labute approximate surface area is 173 Å². The van der Waals surface area contributed by atoms with Crippen LogP contribution in [0, 0.1) is 0 Å². The summed E-state index contributed by atoms with van der Waals surface area (Å²) >= 11 is 0. The molecule has 0 amide bonds. The third-order valence-electron chi connectivity index (χ3n) is 5.69. The lowest BCUT2D eigenvalue weighted by Gasteiger charge is -2.09. The van der Waals surface area contributed by atoms with Crippen molar-refractivity contribution in [3.63, 3.8) is 0 Å². The molecule has 6 rings (SSSR count). The highest BCUT2D eigenvalue weighted by molar-refractivity contribution is 6.25. The van der Waals surface area contributed by atoms with Crippen LogP contribution < -0.4 is 4.65 Å². The second-order valence-electron chi connectivity index (χ2n) is 7.34. The van der Waals surface area contributed by atoms with Gasteiger partial charge in [0.1, 0.15) is 5.58 Å². The maximum Gasteiger partial charge on any atom is 0.569 e. The van der Waals surface area contributed by atoms with E-state index in [0.29, 0.717) is 19.0 Å². The van der Waals surface area contributed by atoms with E-state index in [2.05, 4.69) is 36.4 Å². The lowest BCUT2D eigenvalue weighted by molar-refractivity contribution is 0.454. The number of furan rings is 1. The molecule has 3 nitrogen and oxygen atoms in total. The van der Waals surface area contributed by atoms with Crippen LogP contribution in [0.4, 0.5) is 0 Å². The van der Waals surface area contributed by atoms with Crippen molar-refractivity contribution < 1.29 is 14.1 Å². The van der Waals surface area contributed by atoms with Crippen molar-refractivity contribution in [2.45, 2.75) is 0 Å². The van der Waals surface area contributed by atoms with Gasteiger partial charge in [0, 0.05) is 21.5 Å². The Morgan fingerprint density at radius 3 is 2.10 bits per heavy atom. The molecule has 0 unspecified atom stereocenters. The smallest absolute Gasteiger partial charge is 0.534 e. The summed E-state index contributed by atoms with van der Waals surface area (Å²) in [5.41, 5.74) is 3.68. The Bertz CT molecular complexity index is 1550. The van der Waals surface area contributed by atoms with E-state index in [1.807, 2.05) is 54.6 Å². The van der Waals surface area contributed by atoms with Crippen LogP contribution >= 0.6 is 0 Å². The van der Waals surface area contributed by atoms with Gasteiger partial charge >= 0.3 is 7.69 Å². The molecule has 0 aliphatic carbocycles. The molecule has 1 aromatic heterocycles. The molecule has 0 bridgehead atoms. The van der Waals surface area contributed by atoms with Gasteiger partial charge in [-0.2, -0.15) is 0 Å². The molecule has 6 aromatic rings. The highest BCUT2D eigenvalue weighted by atomic mass is 16.5.